The smallest absolute Gasteiger partial charge is 0.153 e. The van der Waals surface area contributed by atoms with Gasteiger partial charge in [-0.25, -0.2) is 0 Å². The molecule has 1 aliphatic carbocycles. The first-order valence-electron chi connectivity index (χ1n) is 4.68. The predicted octanol–water partition coefficient (Wildman–Crippen LogP) is 0.860. The fraction of sp³-hybridized carbons (Fsp3) is 0.667. The number of aromatic nitrogens is 2. The van der Waals surface area contributed by atoms with Gasteiger partial charge < -0.3 is 10.8 Å². The van der Waals surface area contributed by atoms with Gasteiger partial charge in [0.05, 0.1) is 12.4 Å². The monoisotopic (exact) mass is 181 g/mol. The second kappa shape index (κ2) is 3.03. The standard InChI is InChI=1S/C9H15N3O/c10-9(3-4-9)2-1-5-12-7-8(13)6-11-12/h6-7,13H,1-5,10H2. The average Bonchev–Trinajstić information content (AvgIpc) is 2.65. The molecule has 3 N–H and O–H groups in total. The fourth-order valence-corrected chi connectivity index (χ4v) is 1.48. The largest absolute Gasteiger partial charge is 0.505 e. The minimum Gasteiger partial charge on any atom is -0.505 e. The molecule has 0 spiro atoms. The number of hydrogen-bond donors (Lipinski definition) is 2. The number of aromatic hydroxyl groups is 1. The van der Waals surface area contributed by atoms with Crippen LogP contribution in [0, 0.1) is 0 Å². The molecular formula is C9H15N3O. The molecule has 1 fully saturated rings. The Morgan fingerprint density at radius 2 is 2.38 bits per heavy atom. The van der Waals surface area contributed by atoms with E-state index in [9.17, 15) is 0 Å². The Balaban J connectivity index is 1.73. The van der Waals surface area contributed by atoms with Crippen LogP contribution in [-0.4, -0.2) is 20.4 Å². The molecule has 1 aromatic heterocycles. The van der Waals surface area contributed by atoms with E-state index in [0.29, 0.717) is 0 Å². The normalized spacial score (nSPS) is 18.8. The molecule has 0 unspecified atom stereocenters. The van der Waals surface area contributed by atoms with Crippen LogP contribution in [0.2, 0.25) is 0 Å². The van der Waals surface area contributed by atoms with Crippen molar-refractivity contribution < 1.29 is 5.11 Å². The van der Waals surface area contributed by atoms with Crippen molar-refractivity contribution >= 4 is 0 Å². The van der Waals surface area contributed by atoms with Gasteiger partial charge >= 0.3 is 0 Å². The lowest BCUT2D eigenvalue weighted by Crippen LogP contribution is -2.21. The minimum atomic E-state index is 0.134. The molecule has 0 aliphatic heterocycles. The zero-order chi connectivity index (χ0) is 9.31. The topological polar surface area (TPSA) is 64.1 Å². The number of rotatable bonds is 4. The zero-order valence-corrected chi connectivity index (χ0v) is 7.61. The Morgan fingerprint density at radius 1 is 1.62 bits per heavy atom. The number of nitrogens with two attached hydrogens (primary N) is 1. The highest BCUT2D eigenvalue weighted by Crippen LogP contribution is 2.36. The van der Waals surface area contributed by atoms with E-state index in [1.807, 2.05) is 0 Å². The lowest BCUT2D eigenvalue weighted by molar-refractivity contribution is 0.469. The van der Waals surface area contributed by atoms with E-state index in [-0.39, 0.29) is 11.3 Å². The van der Waals surface area contributed by atoms with Crippen LogP contribution in [-0.2, 0) is 6.54 Å². The van der Waals surface area contributed by atoms with E-state index in [1.165, 1.54) is 6.20 Å². The van der Waals surface area contributed by atoms with Crippen molar-refractivity contribution in [2.45, 2.75) is 37.8 Å². The maximum absolute atomic E-state index is 9.02. The molecule has 0 amide bonds. The molecule has 4 nitrogen and oxygen atoms in total. The molecule has 1 heterocycles. The van der Waals surface area contributed by atoms with Crippen molar-refractivity contribution in [1.29, 1.82) is 0 Å². The van der Waals surface area contributed by atoms with E-state index in [2.05, 4.69) is 5.10 Å². The predicted molar refractivity (Wildman–Crippen MR) is 49.3 cm³/mol. The van der Waals surface area contributed by atoms with E-state index in [0.717, 1.165) is 32.2 Å². The molecule has 0 aromatic carbocycles. The van der Waals surface area contributed by atoms with Gasteiger partial charge in [-0.1, -0.05) is 0 Å². The molecule has 1 saturated carbocycles. The van der Waals surface area contributed by atoms with Crippen molar-refractivity contribution in [1.82, 2.24) is 9.78 Å². The van der Waals surface area contributed by atoms with E-state index < -0.39 is 0 Å². The highest BCUT2D eigenvalue weighted by molar-refractivity contribution is 5.08. The van der Waals surface area contributed by atoms with Crippen LogP contribution in [0.1, 0.15) is 25.7 Å². The highest BCUT2D eigenvalue weighted by Gasteiger charge is 2.36. The third-order valence-corrected chi connectivity index (χ3v) is 2.57. The summed E-state index contributed by atoms with van der Waals surface area (Å²) in [5, 5.41) is 13.0. The van der Waals surface area contributed by atoms with Gasteiger partial charge in [0, 0.05) is 12.1 Å². The molecule has 1 aliphatic rings. The Labute approximate surface area is 77.4 Å². The molecular weight excluding hydrogens is 166 g/mol. The summed E-state index contributed by atoms with van der Waals surface area (Å²) in [6.07, 6.45) is 7.52. The van der Waals surface area contributed by atoms with Gasteiger partial charge in [0.15, 0.2) is 5.75 Å². The first-order valence-corrected chi connectivity index (χ1v) is 4.68. The van der Waals surface area contributed by atoms with E-state index in [1.54, 1.807) is 10.9 Å². The molecule has 2 rings (SSSR count). The molecule has 4 heteroatoms. The summed E-state index contributed by atoms with van der Waals surface area (Å²) in [6, 6.07) is 0. The van der Waals surface area contributed by atoms with Gasteiger partial charge in [-0.2, -0.15) is 5.10 Å². The quantitative estimate of drug-likeness (QED) is 0.724. The number of nitrogens with zero attached hydrogens (tertiary/aromatic N) is 2. The van der Waals surface area contributed by atoms with E-state index >= 15 is 0 Å². The Morgan fingerprint density at radius 3 is 2.92 bits per heavy atom. The van der Waals surface area contributed by atoms with Gasteiger partial charge in [-0.15, -0.1) is 0 Å². The van der Waals surface area contributed by atoms with Crippen molar-refractivity contribution in [3.05, 3.63) is 12.4 Å². The fourth-order valence-electron chi connectivity index (χ4n) is 1.48. The Hall–Kier alpha value is -1.03. The SMILES string of the molecule is NC1(CCCn2cc(O)cn2)CC1. The van der Waals surface area contributed by atoms with Crippen LogP contribution < -0.4 is 5.73 Å². The van der Waals surface area contributed by atoms with Gasteiger partial charge in [0.1, 0.15) is 0 Å². The van der Waals surface area contributed by atoms with Gasteiger partial charge in [0.2, 0.25) is 0 Å². The molecule has 1 aromatic rings. The van der Waals surface area contributed by atoms with Crippen molar-refractivity contribution in [3.8, 4) is 5.75 Å². The summed E-state index contributed by atoms with van der Waals surface area (Å²) in [5.74, 6) is 0.230. The van der Waals surface area contributed by atoms with Crippen molar-refractivity contribution in [2.24, 2.45) is 5.73 Å². The molecule has 0 radical (unpaired) electrons. The second-order valence-corrected chi connectivity index (χ2v) is 3.93. The molecule has 0 saturated heterocycles. The van der Waals surface area contributed by atoms with Crippen LogP contribution in [0.3, 0.4) is 0 Å². The number of hydrogen-bond acceptors (Lipinski definition) is 3. The molecule has 13 heavy (non-hydrogen) atoms. The van der Waals surface area contributed by atoms with Crippen LogP contribution in [0.4, 0.5) is 0 Å². The summed E-state index contributed by atoms with van der Waals surface area (Å²) in [5.41, 5.74) is 6.07. The molecule has 72 valence electrons. The van der Waals surface area contributed by atoms with Gasteiger partial charge in [-0.05, 0) is 25.7 Å². The number of aryl methyl sites for hydroxylation is 1. The van der Waals surface area contributed by atoms with Crippen LogP contribution in [0.25, 0.3) is 0 Å². The van der Waals surface area contributed by atoms with E-state index in [4.69, 9.17) is 10.8 Å². The first kappa shape index (κ1) is 8.56. The van der Waals surface area contributed by atoms with Crippen molar-refractivity contribution in [3.63, 3.8) is 0 Å². The minimum absolute atomic E-state index is 0.134. The summed E-state index contributed by atoms with van der Waals surface area (Å²) in [4.78, 5) is 0. The molecule has 0 bridgehead atoms. The van der Waals surface area contributed by atoms with Crippen molar-refractivity contribution in [2.75, 3.05) is 0 Å². The Kier molecular flexibility index (Phi) is 2.00. The summed E-state index contributed by atoms with van der Waals surface area (Å²) < 4.78 is 1.75. The zero-order valence-electron chi connectivity index (χ0n) is 7.61. The summed E-state index contributed by atoms with van der Waals surface area (Å²) >= 11 is 0. The second-order valence-electron chi connectivity index (χ2n) is 3.93. The molecule has 0 atom stereocenters. The maximum Gasteiger partial charge on any atom is 0.153 e. The Bertz CT molecular complexity index is 291. The third-order valence-electron chi connectivity index (χ3n) is 2.57. The summed E-state index contributed by atoms with van der Waals surface area (Å²) in [6.45, 7) is 0.847. The van der Waals surface area contributed by atoms with Crippen LogP contribution >= 0.6 is 0 Å². The van der Waals surface area contributed by atoms with Crippen LogP contribution in [0.15, 0.2) is 12.4 Å². The maximum atomic E-state index is 9.02. The summed E-state index contributed by atoms with van der Waals surface area (Å²) in [7, 11) is 0. The lowest BCUT2D eigenvalue weighted by Gasteiger charge is -2.07. The first-order chi connectivity index (χ1) is 6.18. The highest BCUT2D eigenvalue weighted by atomic mass is 16.3. The van der Waals surface area contributed by atoms with Gasteiger partial charge in [0.25, 0.3) is 0 Å². The van der Waals surface area contributed by atoms with Crippen LogP contribution in [0.5, 0.6) is 5.75 Å². The lowest BCUT2D eigenvalue weighted by atomic mass is 10.1. The third kappa shape index (κ3) is 2.21. The van der Waals surface area contributed by atoms with Gasteiger partial charge in [-0.3, -0.25) is 4.68 Å². The average molecular weight is 181 g/mol.